The first-order valence-corrected chi connectivity index (χ1v) is 4.29. The van der Waals surface area contributed by atoms with E-state index in [2.05, 4.69) is 9.97 Å². The van der Waals surface area contributed by atoms with Crippen molar-refractivity contribution in [3.8, 4) is 0 Å². The lowest BCUT2D eigenvalue weighted by molar-refractivity contribution is -0.0201. The van der Waals surface area contributed by atoms with Crippen LogP contribution in [0.25, 0.3) is 0 Å². The zero-order valence-corrected chi connectivity index (χ0v) is 8.27. The number of halogens is 1. The average Bonchev–Trinajstić information content (AvgIpc) is 2.36. The first kappa shape index (κ1) is 9.55. The lowest BCUT2D eigenvalue weighted by atomic mass is 10.1. The van der Waals surface area contributed by atoms with E-state index in [0.717, 1.165) is 5.82 Å². The van der Waals surface area contributed by atoms with Crippen LogP contribution < -0.4 is 0 Å². The molecule has 4 heteroatoms. The molecule has 3 nitrogen and oxygen atoms in total. The van der Waals surface area contributed by atoms with Crippen molar-refractivity contribution in [3.05, 3.63) is 17.2 Å². The molecule has 1 N–H and O–H groups in total. The molecule has 0 radical (unpaired) electrons. The molecule has 0 spiro atoms. The predicted molar refractivity (Wildman–Crippen MR) is 48.2 cm³/mol. The van der Waals surface area contributed by atoms with Crippen LogP contribution in [0.2, 0.25) is 5.15 Å². The van der Waals surface area contributed by atoms with Crippen molar-refractivity contribution < 1.29 is 4.74 Å². The van der Waals surface area contributed by atoms with E-state index in [1.54, 1.807) is 6.20 Å². The van der Waals surface area contributed by atoms with Gasteiger partial charge in [-0.05, 0) is 20.8 Å². The van der Waals surface area contributed by atoms with Crippen LogP contribution >= 0.6 is 11.6 Å². The number of rotatable bonds is 3. The largest absolute Gasteiger partial charge is 0.368 e. The first-order chi connectivity index (χ1) is 5.56. The van der Waals surface area contributed by atoms with Crippen molar-refractivity contribution in [3.63, 3.8) is 0 Å². The molecule has 0 unspecified atom stereocenters. The van der Waals surface area contributed by atoms with E-state index in [0.29, 0.717) is 11.8 Å². The Morgan fingerprint density at radius 1 is 1.67 bits per heavy atom. The maximum absolute atomic E-state index is 5.69. The predicted octanol–water partition coefficient (Wildman–Crippen LogP) is 2.33. The third kappa shape index (κ3) is 1.99. The van der Waals surface area contributed by atoms with E-state index in [1.165, 1.54) is 0 Å². The normalized spacial score (nSPS) is 12.0. The van der Waals surface area contributed by atoms with Gasteiger partial charge in [-0.2, -0.15) is 0 Å². The second-order valence-electron chi connectivity index (χ2n) is 3.02. The summed E-state index contributed by atoms with van der Waals surface area (Å²) in [6.07, 6.45) is 1.58. The Balaban J connectivity index is 2.81. The summed E-state index contributed by atoms with van der Waals surface area (Å²) in [5, 5.41) is 0.540. The minimum atomic E-state index is -0.387. The SMILES string of the molecule is CCOC(C)(C)c1ncc(Cl)[nH]1. The van der Waals surface area contributed by atoms with E-state index in [9.17, 15) is 0 Å². The lowest BCUT2D eigenvalue weighted by Gasteiger charge is -2.21. The molecule has 12 heavy (non-hydrogen) atoms. The molecular weight excluding hydrogens is 176 g/mol. The van der Waals surface area contributed by atoms with Crippen molar-refractivity contribution >= 4 is 11.6 Å². The minimum Gasteiger partial charge on any atom is -0.368 e. The van der Waals surface area contributed by atoms with Crippen molar-refractivity contribution in [2.45, 2.75) is 26.4 Å². The molecule has 0 bridgehead atoms. The van der Waals surface area contributed by atoms with Crippen LogP contribution in [-0.2, 0) is 10.3 Å². The molecule has 0 saturated heterocycles. The zero-order valence-electron chi connectivity index (χ0n) is 7.52. The number of hydrogen-bond donors (Lipinski definition) is 1. The fourth-order valence-electron chi connectivity index (χ4n) is 1.03. The van der Waals surface area contributed by atoms with Gasteiger partial charge in [-0.3, -0.25) is 0 Å². The second kappa shape index (κ2) is 3.46. The summed E-state index contributed by atoms with van der Waals surface area (Å²) in [4.78, 5) is 7.02. The van der Waals surface area contributed by atoms with Gasteiger partial charge in [-0.1, -0.05) is 11.6 Å². The van der Waals surface area contributed by atoms with Crippen LogP contribution in [0.15, 0.2) is 6.20 Å². The molecule has 0 atom stereocenters. The highest BCUT2D eigenvalue weighted by Crippen LogP contribution is 2.22. The van der Waals surface area contributed by atoms with Crippen LogP contribution in [0.1, 0.15) is 26.6 Å². The lowest BCUT2D eigenvalue weighted by Crippen LogP contribution is -2.23. The van der Waals surface area contributed by atoms with Crippen molar-refractivity contribution in [1.82, 2.24) is 9.97 Å². The van der Waals surface area contributed by atoms with Gasteiger partial charge in [-0.25, -0.2) is 4.98 Å². The summed E-state index contributed by atoms with van der Waals surface area (Å²) in [6, 6.07) is 0. The van der Waals surface area contributed by atoms with Crippen LogP contribution in [0.5, 0.6) is 0 Å². The van der Waals surface area contributed by atoms with E-state index < -0.39 is 0 Å². The standard InChI is InChI=1S/C8H13ClN2O/c1-4-12-8(2,3)7-10-5-6(9)11-7/h5H,4H2,1-3H3,(H,10,11). The first-order valence-electron chi connectivity index (χ1n) is 3.91. The van der Waals surface area contributed by atoms with Gasteiger partial charge in [0, 0.05) is 6.61 Å². The molecule has 1 rings (SSSR count). The summed E-state index contributed by atoms with van der Waals surface area (Å²) < 4.78 is 5.48. The monoisotopic (exact) mass is 188 g/mol. The Morgan fingerprint density at radius 3 is 2.75 bits per heavy atom. The van der Waals surface area contributed by atoms with Crippen LogP contribution in [0.4, 0.5) is 0 Å². The molecule has 0 aromatic carbocycles. The molecule has 0 aliphatic rings. The molecule has 0 aliphatic heterocycles. The smallest absolute Gasteiger partial charge is 0.139 e. The number of hydrogen-bond acceptors (Lipinski definition) is 2. The van der Waals surface area contributed by atoms with E-state index >= 15 is 0 Å². The summed E-state index contributed by atoms with van der Waals surface area (Å²) in [6.45, 7) is 6.51. The fraction of sp³-hybridized carbons (Fsp3) is 0.625. The molecule has 0 amide bonds. The molecule has 1 aromatic rings. The van der Waals surface area contributed by atoms with E-state index in [1.807, 2.05) is 20.8 Å². The molecule has 0 saturated carbocycles. The van der Waals surface area contributed by atoms with E-state index in [4.69, 9.17) is 16.3 Å². The second-order valence-corrected chi connectivity index (χ2v) is 3.43. The van der Waals surface area contributed by atoms with Gasteiger partial charge in [0.1, 0.15) is 16.6 Å². The molecule has 0 fully saturated rings. The number of H-pyrrole nitrogens is 1. The van der Waals surface area contributed by atoms with Crippen LogP contribution in [0, 0.1) is 0 Å². The van der Waals surface area contributed by atoms with Gasteiger partial charge in [0.05, 0.1) is 6.20 Å². The topological polar surface area (TPSA) is 37.9 Å². The molecule has 1 heterocycles. The number of nitrogens with zero attached hydrogens (tertiary/aromatic N) is 1. The number of ether oxygens (including phenoxy) is 1. The molecular formula is C8H13ClN2O. The van der Waals surface area contributed by atoms with Crippen molar-refractivity contribution in [2.24, 2.45) is 0 Å². The van der Waals surface area contributed by atoms with Gasteiger partial charge in [0.25, 0.3) is 0 Å². The van der Waals surface area contributed by atoms with Crippen LogP contribution in [0.3, 0.4) is 0 Å². The minimum absolute atomic E-state index is 0.387. The van der Waals surface area contributed by atoms with Gasteiger partial charge in [0.15, 0.2) is 0 Å². The Kier molecular flexibility index (Phi) is 2.75. The van der Waals surface area contributed by atoms with Crippen molar-refractivity contribution in [1.29, 1.82) is 0 Å². The molecule has 0 aliphatic carbocycles. The summed E-state index contributed by atoms with van der Waals surface area (Å²) >= 11 is 5.69. The van der Waals surface area contributed by atoms with Gasteiger partial charge in [-0.15, -0.1) is 0 Å². The highest BCUT2D eigenvalue weighted by molar-refractivity contribution is 6.29. The number of aromatic amines is 1. The molecule has 1 aromatic heterocycles. The number of nitrogens with one attached hydrogen (secondary N) is 1. The fourth-order valence-corrected chi connectivity index (χ4v) is 1.17. The third-order valence-electron chi connectivity index (χ3n) is 1.62. The van der Waals surface area contributed by atoms with Gasteiger partial charge < -0.3 is 9.72 Å². The summed E-state index contributed by atoms with van der Waals surface area (Å²) in [5.41, 5.74) is -0.387. The maximum atomic E-state index is 5.69. The highest BCUT2D eigenvalue weighted by atomic mass is 35.5. The summed E-state index contributed by atoms with van der Waals surface area (Å²) in [7, 11) is 0. The number of imidazole rings is 1. The maximum Gasteiger partial charge on any atom is 0.139 e. The summed E-state index contributed by atoms with van der Waals surface area (Å²) in [5.74, 6) is 0.759. The Hall–Kier alpha value is -0.540. The van der Waals surface area contributed by atoms with Crippen LogP contribution in [-0.4, -0.2) is 16.6 Å². The van der Waals surface area contributed by atoms with Gasteiger partial charge >= 0.3 is 0 Å². The average molecular weight is 189 g/mol. The highest BCUT2D eigenvalue weighted by Gasteiger charge is 2.23. The molecule has 68 valence electrons. The zero-order chi connectivity index (χ0) is 9.19. The van der Waals surface area contributed by atoms with Crippen molar-refractivity contribution in [2.75, 3.05) is 6.61 Å². The van der Waals surface area contributed by atoms with E-state index in [-0.39, 0.29) is 5.60 Å². The van der Waals surface area contributed by atoms with Gasteiger partial charge in [0.2, 0.25) is 0 Å². The number of aromatic nitrogens is 2. The third-order valence-corrected chi connectivity index (χ3v) is 1.81. The quantitative estimate of drug-likeness (QED) is 0.791. The Bertz CT molecular complexity index is 257. The Morgan fingerprint density at radius 2 is 2.33 bits per heavy atom. The Labute approximate surface area is 77.1 Å².